The zero-order valence-corrected chi connectivity index (χ0v) is 19.6. The molecular weight excluding hydrogens is 410 g/mol. The average Bonchev–Trinajstić information content (AvgIpc) is 3.06. The number of imide groups is 1. The molecule has 2 aromatic rings. The molecule has 31 heavy (non-hydrogen) atoms. The maximum Gasteiger partial charge on any atom is 0.417 e. The highest BCUT2D eigenvalue weighted by atomic mass is 35.5. The summed E-state index contributed by atoms with van der Waals surface area (Å²) in [5, 5.41) is 0.625. The van der Waals surface area contributed by atoms with Crippen LogP contribution >= 0.6 is 11.6 Å². The second-order valence-electron chi connectivity index (χ2n) is 9.84. The van der Waals surface area contributed by atoms with Crippen molar-refractivity contribution >= 4 is 23.6 Å². The van der Waals surface area contributed by atoms with Crippen molar-refractivity contribution in [3.8, 4) is 0 Å². The fraction of sp³-hybridized carbons (Fsp3) is 0.462. The van der Waals surface area contributed by atoms with Gasteiger partial charge in [-0.05, 0) is 53.9 Å². The molecule has 1 unspecified atom stereocenters. The Morgan fingerprint density at radius 1 is 1.13 bits per heavy atom. The Kier molecular flexibility index (Phi) is 7.42. The molecule has 0 aliphatic carbocycles. The van der Waals surface area contributed by atoms with E-state index in [0.29, 0.717) is 23.8 Å². The fourth-order valence-corrected chi connectivity index (χ4v) is 4.67. The summed E-state index contributed by atoms with van der Waals surface area (Å²) in [5.41, 5.74) is 2.12. The van der Waals surface area contributed by atoms with E-state index >= 15 is 0 Å². The molecule has 1 aliphatic rings. The van der Waals surface area contributed by atoms with Crippen molar-refractivity contribution in [1.29, 1.82) is 0 Å². The summed E-state index contributed by atoms with van der Waals surface area (Å²) >= 11 is 6.08. The number of halogens is 1. The summed E-state index contributed by atoms with van der Waals surface area (Å²) in [6, 6.07) is 17.0. The lowest BCUT2D eigenvalue weighted by Crippen LogP contribution is -2.43. The van der Waals surface area contributed by atoms with Crippen LogP contribution in [0.3, 0.4) is 0 Å². The number of carbonyl (C=O) groups is 2. The second kappa shape index (κ2) is 9.86. The van der Waals surface area contributed by atoms with Crippen LogP contribution in [0.2, 0.25) is 5.02 Å². The summed E-state index contributed by atoms with van der Waals surface area (Å²) in [6.45, 7) is 9.01. The van der Waals surface area contributed by atoms with Crippen LogP contribution in [0.25, 0.3) is 0 Å². The molecule has 0 saturated carbocycles. The highest BCUT2D eigenvalue weighted by Crippen LogP contribution is 2.34. The zero-order valence-electron chi connectivity index (χ0n) is 18.8. The lowest BCUT2D eigenvalue weighted by Gasteiger charge is -2.29. The first-order valence-electron chi connectivity index (χ1n) is 10.9. The molecule has 1 saturated heterocycles. The van der Waals surface area contributed by atoms with E-state index in [0.717, 1.165) is 17.5 Å². The summed E-state index contributed by atoms with van der Waals surface area (Å²) in [5.74, 6) is -0.291. The van der Waals surface area contributed by atoms with Crippen LogP contribution < -0.4 is 0 Å². The smallest absolute Gasteiger partial charge is 0.417 e. The van der Waals surface area contributed by atoms with Gasteiger partial charge in [0.15, 0.2) is 0 Å². The first-order valence-corrected chi connectivity index (χ1v) is 11.3. The number of benzene rings is 2. The van der Waals surface area contributed by atoms with Crippen LogP contribution in [-0.4, -0.2) is 29.5 Å². The number of ether oxygens (including phenoxy) is 1. The molecule has 0 radical (unpaired) electrons. The number of cyclic esters (lactones) is 1. The van der Waals surface area contributed by atoms with Crippen molar-refractivity contribution < 1.29 is 14.3 Å². The van der Waals surface area contributed by atoms with E-state index in [1.54, 1.807) is 12.1 Å². The number of carbonyl (C=O) groups excluding carboxylic acids is 2. The van der Waals surface area contributed by atoms with Gasteiger partial charge in [0, 0.05) is 5.02 Å². The molecule has 3 rings (SSSR count). The Morgan fingerprint density at radius 3 is 2.39 bits per heavy atom. The Balaban J connectivity index is 1.86. The summed E-state index contributed by atoms with van der Waals surface area (Å²) in [6.07, 6.45) is 1.69. The van der Waals surface area contributed by atoms with E-state index in [9.17, 15) is 9.59 Å². The molecule has 4 nitrogen and oxygen atoms in total. The largest absolute Gasteiger partial charge is 0.447 e. The van der Waals surface area contributed by atoms with Gasteiger partial charge in [-0.15, -0.1) is 0 Å². The first kappa shape index (κ1) is 23.3. The Bertz CT molecular complexity index is 889. The third-order valence-corrected chi connectivity index (χ3v) is 5.93. The standard InChI is InChI=1S/C26H32ClNO3/c1-18(16-26(2,3)4)14-23(20-10-12-21(27)13-11-20)24(29)28-22(17-31-25(28)30)15-19-8-6-5-7-9-19/h5-13,18,22-23H,14-17H2,1-4H3/t18?,22-,23-/m0/s1. The molecule has 0 spiro atoms. The van der Waals surface area contributed by atoms with Gasteiger partial charge >= 0.3 is 6.09 Å². The van der Waals surface area contributed by atoms with Crippen molar-refractivity contribution in [3.05, 3.63) is 70.7 Å². The highest BCUT2D eigenvalue weighted by molar-refractivity contribution is 6.30. The molecule has 0 bridgehead atoms. The van der Waals surface area contributed by atoms with Crippen molar-refractivity contribution in [2.75, 3.05) is 6.61 Å². The molecular formula is C26H32ClNO3. The minimum atomic E-state index is -0.548. The normalized spacial score (nSPS) is 18.5. The van der Waals surface area contributed by atoms with Gasteiger partial charge in [0.1, 0.15) is 6.61 Å². The quantitative estimate of drug-likeness (QED) is 0.494. The third kappa shape index (κ3) is 6.33. The topological polar surface area (TPSA) is 46.6 Å². The van der Waals surface area contributed by atoms with Crippen LogP contribution in [0.5, 0.6) is 0 Å². The molecule has 2 aromatic carbocycles. The summed E-state index contributed by atoms with van der Waals surface area (Å²) in [4.78, 5) is 27.7. The Morgan fingerprint density at radius 2 is 1.77 bits per heavy atom. The number of nitrogens with zero attached hydrogens (tertiary/aromatic N) is 1. The minimum absolute atomic E-state index is 0.162. The van der Waals surface area contributed by atoms with E-state index in [1.165, 1.54) is 4.90 Å². The molecule has 5 heteroatoms. The van der Waals surface area contributed by atoms with Crippen LogP contribution in [0.15, 0.2) is 54.6 Å². The van der Waals surface area contributed by atoms with Gasteiger partial charge in [0.05, 0.1) is 12.0 Å². The maximum absolute atomic E-state index is 13.7. The number of hydrogen-bond acceptors (Lipinski definition) is 3. The van der Waals surface area contributed by atoms with Crippen LogP contribution in [0, 0.1) is 11.3 Å². The van der Waals surface area contributed by atoms with E-state index < -0.39 is 12.0 Å². The average molecular weight is 442 g/mol. The van der Waals surface area contributed by atoms with E-state index in [4.69, 9.17) is 16.3 Å². The van der Waals surface area contributed by atoms with Gasteiger partial charge in [-0.3, -0.25) is 4.79 Å². The van der Waals surface area contributed by atoms with Crippen molar-refractivity contribution in [2.45, 2.75) is 58.9 Å². The predicted octanol–water partition coefficient (Wildman–Crippen LogP) is 6.48. The molecule has 1 heterocycles. The lowest BCUT2D eigenvalue weighted by atomic mass is 9.79. The van der Waals surface area contributed by atoms with Gasteiger partial charge in [0.2, 0.25) is 5.91 Å². The molecule has 2 amide bonds. The zero-order chi connectivity index (χ0) is 22.6. The van der Waals surface area contributed by atoms with Crippen molar-refractivity contribution in [1.82, 2.24) is 4.90 Å². The Labute approximate surface area is 190 Å². The van der Waals surface area contributed by atoms with Crippen molar-refractivity contribution in [3.63, 3.8) is 0 Å². The van der Waals surface area contributed by atoms with Crippen LogP contribution in [-0.2, 0) is 16.0 Å². The van der Waals surface area contributed by atoms with Gasteiger partial charge in [-0.1, -0.05) is 81.8 Å². The molecule has 1 aliphatic heterocycles. The number of hydrogen-bond donors (Lipinski definition) is 0. The van der Waals surface area contributed by atoms with Gasteiger partial charge in [-0.25, -0.2) is 9.69 Å². The Hall–Kier alpha value is -2.33. The first-order chi connectivity index (χ1) is 14.6. The van der Waals surface area contributed by atoms with Gasteiger partial charge in [0.25, 0.3) is 0 Å². The van der Waals surface area contributed by atoms with Crippen molar-refractivity contribution in [2.24, 2.45) is 11.3 Å². The molecule has 1 fully saturated rings. The molecule has 3 atom stereocenters. The monoisotopic (exact) mass is 441 g/mol. The lowest BCUT2D eigenvalue weighted by molar-refractivity contribution is -0.131. The van der Waals surface area contributed by atoms with Gasteiger partial charge in [-0.2, -0.15) is 0 Å². The van der Waals surface area contributed by atoms with Crippen LogP contribution in [0.1, 0.15) is 57.6 Å². The van der Waals surface area contributed by atoms with E-state index in [-0.39, 0.29) is 24.0 Å². The highest BCUT2D eigenvalue weighted by Gasteiger charge is 2.41. The molecule has 0 N–H and O–H groups in total. The van der Waals surface area contributed by atoms with E-state index in [1.807, 2.05) is 42.5 Å². The SMILES string of the molecule is CC(C[C@H](C(=O)N1C(=O)OC[C@@H]1Cc1ccccc1)c1ccc(Cl)cc1)CC(C)(C)C. The minimum Gasteiger partial charge on any atom is -0.447 e. The van der Waals surface area contributed by atoms with E-state index in [2.05, 4.69) is 27.7 Å². The predicted molar refractivity (Wildman–Crippen MR) is 124 cm³/mol. The molecule has 0 aromatic heterocycles. The number of rotatable bonds is 7. The summed E-state index contributed by atoms with van der Waals surface area (Å²) in [7, 11) is 0. The maximum atomic E-state index is 13.7. The van der Waals surface area contributed by atoms with Crippen LogP contribution in [0.4, 0.5) is 4.79 Å². The van der Waals surface area contributed by atoms with Gasteiger partial charge < -0.3 is 4.74 Å². The number of amides is 2. The molecule has 166 valence electrons. The third-order valence-electron chi connectivity index (χ3n) is 5.68. The fourth-order valence-electron chi connectivity index (χ4n) is 4.54. The second-order valence-corrected chi connectivity index (χ2v) is 10.3. The summed E-state index contributed by atoms with van der Waals surface area (Å²) < 4.78 is 5.31.